The number of piperidine rings is 1. The lowest BCUT2D eigenvalue weighted by Crippen LogP contribution is -2.37. The Bertz CT molecular complexity index is 347. The van der Waals surface area contributed by atoms with Gasteiger partial charge in [-0.05, 0) is 44.5 Å². The van der Waals surface area contributed by atoms with E-state index < -0.39 is 11.9 Å². The van der Waals surface area contributed by atoms with Crippen molar-refractivity contribution in [2.45, 2.75) is 18.8 Å². The molecule has 1 fully saturated rings. The SMILES string of the molecule is CN1CCCC(C(C(=O)O)c2ccco2)C1. The maximum atomic E-state index is 11.3. The van der Waals surface area contributed by atoms with Crippen LogP contribution in [0.1, 0.15) is 24.5 Å². The monoisotopic (exact) mass is 223 g/mol. The third-order valence-corrected chi connectivity index (χ3v) is 3.25. The van der Waals surface area contributed by atoms with Crippen LogP contribution in [0.5, 0.6) is 0 Å². The highest BCUT2D eigenvalue weighted by molar-refractivity contribution is 5.75. The van der Waals surface area contributed by atoms with Crippen LogP contribution in [-0.2, 0) is 4.79 Å². The fraction of sp³-hybridized carbons (Fsp3) is 0.583. The van der Waals surface area contributed by atoms with Crippen molar-refractivity contribution in [3.05, 3.63) is 24.2 Å². The van der Waals surface area contributed by atoms with E-state index in [1.54, 1.807) is 12.1 Å². The molecule has 2 unspecified atom stereocenters. The van der Waals surface area contributed by atoms with Gasteiger partial charge >= 0.3 is 5.97 Å². The van der Waals surface area contributed by atoms with E-state index in [2.05, 4.69) is 4.90 Å². The Morgan fingerprint density at radius 2 is 2.50 bits per heavy atom. The Kier molecular flexibility index (Phi) is 3.29. The molecule has 88 valence electrons. The molecule has 0 aromatic carbocycles. The molecule has 0 amide bonds. The molecule has 4 heteroatoms. The van der Waals surface area contributed by atoms with Gasteiger partial charge in [0.05, 0.1) is 6.26 Å². The van der Waals surface area contributed by atoms with E-state index in [4.69, 9.17) is 4.42 Å². The van der Waals surface area contributed by atoms with Crippen LogP contribution in [-0.4, -0.2) is 36.1 Å². The first-order valence-corrected chi connectivity index (χ1v) is 5.63. The average Bonchev–Trinajstić information content (AvgIpc) is 2.71. The van der Waals surface area contributed by atoms with Gasteiger partial charge < -0.3 is 14.4 Å². The molecule has 2 atom stereocenters. The number of hydrogen-bond donors (Lipinski definition) is 1. The molecule has 0 radical (unpaired) electrons. The minimum atomic E-state index is -0.782. The molecule has 0 bridgehead atoms. The molecule has 2 rings (SSSR count). The molecule has 1 saturated heterocycles. The van der Waals surface area contributed by atoms with Crippen molar-refractivity contribution >= 4 is 5.97 Å². The highest BCUT2D eigenvalue weighted by Crippen LogP contribution is 2.31. The lowest BCUT2D eigenvalue weighted by atomic mass is 9.84. The van der Waals surface area contributed by atoms with Gasteiger partial charge in [0, 0.05) is 6.54 Å². The first-order chi connectivity index (χ1) is 7.68. The van der Waals surface area contributed by atoms with Crippen molar-refractivity contribution in [3.63, 3.8) is 0 Å². The van der Waals surface area contributed by atoms with Crippen LogP contribution in [0.4, 0.5) is 0 Å². The third kappa shape index (κ3) is 2.27. The van der Waals surface area contributed by atoms with Crippen LogP contribution in [0.25, 0.3) is 0 Å². The predicted molar refractivity (Wildman–Crippen MR) is 59.3 cm³/mol. The molecule has 1 aliphatic heterocycles. The summed E-state index contributed by atoms with van der Waals surface area (Å²) in [6.07, 6.45) is 3.56. The zero-order valence-electron chi connectivity index (χ0n) is 9.43. The Balaban J connectivity index is 2.16. The van der Waals surface area contributed by atoms with Gasteiger partial charge in [0.15, 0.2) is 0 Å². The molecule has 1 aromatic heterocycles. The standard InChI is InChI=1S/C12H17NO3/c1-13-6-2-4-9(8-13)11(12(14)15)10-5-3-7-16-10/h3,5,7,9,11H,2,4,6,8H2,1H3,(H,14,15). The first kappa shape index (κ1) is 11.2. The van der Waals surface area contributed by atoms with Crippen molar-refractivity contribution in [2.24, 2.45) is 5.92 Å². The topological polar surface area (TPSA) is 53.7 Å². The van der Waals surface area contributed by atoms with E-state index >= 15 is 0 Å². The smallest absolute Gasteiger partial charge is 0.314 e. The number of nitrogens with zero attached hydrogens (tertiary/aromatic N) is 1. The van der Waals surface area contributed by atoms with E-state index in [9.17, 15) is 9.90 Å². The van der Waals surface area contributed by atoms with Crippen molar-refractivity contribution < 1.29 is 14.3 Å². The van der Waals surface area contributed by atoms with E-state index in [1.807, 2.05) is 7.05 Å². The van der Waals surface area contributed by atoms with E-state index in [0.717, 1.165) is 25.9 Å². The van der Waals surface area contributed by atoms with E-state index in [1.165, 1.54) is 6.26 Å². The highest BCUT2D eigenvalue weighted by Gasteiger charge is 2.34. The molecule has 16 heavy (non-hydrogen) atoms. The van der Waals surface area contributed by atoms with Crippen LogP contribution in [0, 0.1) is 5.92 Å². The van der Waals surface area contributed by atoms with Crippen LogP contribution in [0.3, 0.4) is 0 Å². The minimum Gasteiger partial charge on any atom is -0.481 e. The van der Waals surface area contributed by atoms with Crippen LogP contribution >= 0.6 is 0 Å². The minimum absolute atomic E-state index is 0.155. The second-order valence-corrected chi connectivity index (χ2v) is 4.50. The zero-order valence-corrected chi connectivity index (χ0v) is 9.43. The lowest BCUT2D eigenvalue weighted by molar-refractivity contribution is -0.141. The number of aliphatic carboxylic acids is 1. The average molecular weight is 223 g/mol. The van der Waals surface area contributed by atoms with Crippen LogP contribution < -0.4 is 0 Å². The zero-order chi connectivity index (χ0) is 11.5. The van der Waals surface area contributed by atoms with Gasteiger partial charge in [-0.1, -0.05) is 0 Å². The number of carboxylic acids is 1. The van der Waals surface area contributed by atoms with Gasteiger partial charge in [-0.3, -0.25) is 4.79 Å². The van der Waals surface area contributed by atoms with Crippen molar-refractivity contribution in [1.82, 2.24) is 4.90 Å². The molecule has 0 saturated carbocycles. The fourth-order valence-corrected chi connectivity index (χ4v) is 2.50. The molecule has 0 aliphatic carbocycles. The predicted octanol–water partition coefficient (Wildman–Crippen LogP) is 1.79. The third-order valence-electron chi connectivity index (χ3n) is 3.25. The second kappa shape index (κ2) is 4.70. The number of hydrogen-bond acceptors (Lipinski definition) is 3. The van der Waals surface area contributed by atoms with Crippen molar-refractivity contribution in [2.75, 3.05) is 20.1 Å². The molecule has 1 aliphatic rings. The summed E-state index contributed by atoms with van der Waals surface area (Å²) in [5.74, 6) is -0.553. The molecular formula is C12H17NO3. The second-order valence-electron chi connectivity index (χ2n) is 4.50. The summed E-state index contributed by atoms with van der Waals surface area (Å²) in [4.78, 5) is 13.5. The summed E-state index contributed by atoms with van der Waals surface area (Å²) in [6, 6.07) is 3.51. The van der Waals surface area contributed by atoms with E-state index in [-0.39, 0.29) is 5.92 Å². The molecule has 0 spiro atoms. The Morgan fingerprint density at radius 3 is 3.06 bits per heavy atom. The summed E-state index contributed by atoms with van der Waals surface area (Å²) in [7, 11) is 2.03. The molecular weight excluding hydrogens is 206 g/mol. The van der Waals surface area contributed by atoms with Gasteiger partial charge in [-0.2, -0.15) is 0 Å². The summed E-state index contributed by atoms with van der Waals surface area (Å²) in [5.41, 5.74) is 0. The lowest BCUT2D eigenvalue weighted by Gasteiger charge is -2.32. The fourth-order valence-electron chi connectivity index (χ4n) is 2.50. The normalized spacial score (nSPS) is 24.2. The van der Waals surface area contributed by atoms with Crippen LogP contribution in [0.15, 0.2) is 22.8 Å². The molecule has 2 heterocycles. The molecule has 4 nitrogen and oxygen atoms in total. The summed E-state index contributed by atoms with van der Waals surface area (Å²) in [6.45, 7) is 1.89. The van der Waals surface area contributed by atoms with E-state index in [0.29, 0.717) is 5.76 Å². The van der Waals surface area contributed by atoms with Gasteiger partial charge in [-0.15, -0.1) is 0 Å². The first-order valence-electron chi connectivity index (χ1n) is 5.63. The quantitative estimate of drug-likeness (QED) is 0.848. The number of furan rings is 1. The Morgan fingerprint density at radius 1 is 1.69 bits per heavy atom. The number of rotatable bonds is 3. The molecule has 1 N–H and O–H groups in total. The number of carbonyl (C=O) groups is 1. The van der Waals surface area contributed by atoms with Gasteiger partial charge in [-0.25, -0.2) is 0 Å². The summed E-state index contributed by atoms with van der Waals surface area (Å²) in [5, 5.41) is 9.31. The number of likely N-dealkylation sites (tertiary alicyclic amines) is 1. The number of carboxylic acid groups (broad SMARTS) is 1. The Labute approximate surface area is 94.9 Å². The van der Waals surface area contributed by atoms with Gasteiger partial charge in [0.2, 0.25) is 0 Å². The highest BCUT2D eigenvalue weighted by atomic mass is 16.4. The summed E-state index contributed by atoms with van der Waals surface area (Å²) < 4.78 is 5.25. The maximum Gasteiger partial charge on any atom is 0.314 e. The van der Waals surface area contributed by atoms with Gasteiger partial charge in [0.25, 0.3) is 0 Å². The van der Waals surface area contributed by atoms with Gasteiger partial charge in [0.1, 0.15) is 11.7 Å². The maximum absolute atomic E-state index is 11.3. The summed E-state index contributed by atoms with van der Waals surface area (Å²) >= 11 is 0. The molecule has 1 aromatic rings. The van der Waals surface area contributed by atoms with Crippen LogP contribution in [0.2, 0.25) is 0 Å². The van der Waals surface area contributed by atoms with Crippen molar-refractivity contribution in [3.8, 4) is 0 Å². The largest absolute Gasteiger partial charge is 0.481 e. The Hall–Kier alpha value is -1.29. The van der Waals surface area contributed by atoms with Crippen molar-refractivity contribution in [1.29, 1.82) is 0 Å².